The van der Waals surface area contributed by atoms with Gasteiger partial charge in [-0.3, -0.25) is 19.5 Å². The summed E-state index contributed by atoms with van der Waals surface area (Å²) in [6, 6.07) is 9.44. The van der Waals surface area contributed by atoms with Crippen molar-refractivity contribution >= 4 is 22.6 Å². The molecular weight excluding hydrogens is 334 g/mol. The second kappa shape index (κ2) is 7.01. The lowest BCUT2D eigenvalue weighted by atomic mass is 10.1. The summed E-state index contributed by atoms with van der Waals surface area (Å²) < 4.78 is 5.73. The van der Waals surface area contributed by atoms with Gasteiger partial charge in [0.25, 0.3) is 5.91 Å². The van der Waals surface area contributed by atoms with Gasteiger partial charge in [0.2, 0.25) is 0 Å². The van der Waals surface area contributed by atoms with Crippen LogP contribution in [0.3, 0.4) is 0 Å². The van der Waals surface area contributed by atoms with Gasteiger partial charge in [-0.05, 0) is 11.5 Å². The number of aliphatic carboxylic acids is 1. The summed E-state index contributed by atoms with van der Waals surface area (Å²) in [4.78, 5) is 32.5. The Kier molecular flexibility index (Phi) is 4.57. The molecule has 1 N–H and O–H groups in total. The Balaban J connectivity index is 1.66. The van der Waals surface area contributed by atoms with Crippen LogP contribution in [-0.4, -0.2) is 77.2 Å². The minimum Gasteiger partial charge on any atom is -0.480 e. The number of benzene rings is 1. The van der Waals surface area contributed by atoms with Crippen LogP contribution in [0.4, 0.5) is 0 Å². The zero-order valence-corrected chi connectivity index (χ0v) is 14.4. The van der Waals surface area contributed by atoms with Crippen LogP contribution in [0.15, 0.2) is 36.5 Å². The molecule has 0 aliphatic carbocycles. The average molecular weight is 355 g/mol. The van der Waals surface area contributed by atoms with E-state index in [1.54, 1.807) is 6.20 Å². The van der Waals surface area contributed by atoms with E-state index in [4.69, 9.17) is 9.84 Å². The summed E-state index contributed by atoms with van der Waals surface area (Å²) in [5, 5.41) is 10.9. The molecule has 0 saturated carbocycles. The third kappa shape index (κ3) is 3.27. The quantitative estimate of drug-likeness (QED) is 0.888. The number of amides is 1. The van der Waals surface area contributed by atoms with Gasteiger partial charge in [-0.25, -0.2) is 0 Å². The van der Waals surface area contributed by atoms with Crippen LogP contribution in [0, 0.1) is 5.92 Å². The molecule has 136 valence electrons. The van der Waals surface area contributed by atoms with E-state index in [2.05, 4.69) is 4.98 Å². The molecule has 1 aromatic carbocycles. The van der Waals surface area contributed by atoms with Crippen molar-refractivity contribution in [3.63, 3.8) is 0 Å². The van der Waals surface area contributed by atoms with Crippen molar-refractivity contribution in [1.29, 1.82) is 0 Å². The number of nitrogens with zero attached hydrogens (tertiary/aromatic N) is 3. The highest BCUT2D eigenvalue weighted by molar-refractivity contribution is 6.05. The van der Waals surface area contributed by atoms with Gasteiger partial charge in [-0.1, -0.05) is 24.3 Å². The largest absolute Gasteiger partial charge is 0.480 e. The molecule has 4 rings (SSSR count). The van der Waals surface area contributed by atoms with Crippen molar-refractivity contribution in [1.82, 2.24) is 14.8 Å². The number of carboxylic acid groups (broad SMARTS) is 1. The molecule has 2 atom stereocenters. The predicted octanol–water partition coefficient (Wildman–Crippen LogP) is 1.09. The molecule has 2 saturated heterocycles. The molecular formula is C19H21N3O4. The molecule has 1 amide bonds. The first-order valence-electron chi connectivity index (χ1n) is 8.78. The van der Waals surface area contributed by atoms with Crippen LogP contribution in [0.25, 0.3) is 10.8 Å². The van der Waals surface area contributed by atoms with Crippen LogP contribution in [-0.2, 0) is 9.53 Å². The van der Waals surface area contributed by atoms with Gasteiger partial charge >= 0.3 is 5.97 Å². The lowest BCUT2D eigenvalue weighted by molar-refractivity contribution is -0.138. The Bertz CT molecular complexity index is 835. The molecule has 1 aromatic heterocycles. The maximum Gasteiger partial charge on any atom is 0.317 e. The molecule has 2 bridgehead atoms. The Hall–Kier alpha value is -2.51. The van der Waals surface area contributed by atoms with Crippen LogP contribution in [0.2, 0.25) is 0 Å². The lowest BCUT2D eigenvalue weighted by Crippen LogP contribution is -2.47. The second-order valence-electron chi connectivity index (χ2n) is 6.98. The first-order valence-corrected chi connectivity index (χ1v) is 8.78. The monoisotopic (exact) mass is 355 g/mol. The third-order valence-corrected chi connectivity index (χ3v) is 5.04. The summed E-state index contributed by atoms with van der Waals surface area (Å²) in [5.41, 5.74) is 0.445. The first-order chi connectivity index (χ1) is 12.6. The highest BCUT2D eigenvalue weighted by atomic mass is 16.5. The van der Waals surface area contributed by atoms with Crippen molar-refractivity contribution in [3.8, 4) is 0 Å². The number of carbonyl (C=O) groups excluding carboxylic acids is 1. The van der Waals surface area contributed by atoms with E-state index in [1.807, 2.05) is 40.1 Å². The molecule has 0 spiro atoms. The van der Waals surface area contributed by atoms with Crippen molar-refractivity contribution in [3.05, 3.63) is 42.2 Å². The van der Waals surface area contributed by atoms with Crippen LogP contribution in [0.5, 0.6) is 0 Å². The van der Waals surface area contributed by atoms with Crippen LogP contribution < -0.4 is 0 Å². The van der Waals surface area contributed by atoms with Gasteiger partial charge < -0.3 is 14.7 Å². The Labute approximate surface area is 151 Å². The molecule has 7 nitrogen and oxygen atoms in total. The zero-order valence-electron chi connectivity index (χ0n) is 14.4. The van der Waals surface area contributed by atoms with Gasteiger partial charge in [-0.2, -0.15) is 0 Å². The lowest BCUT2D eigenvalue weighted by Gasteiger charge is -2.30. The topological polar surface area (TPSA) is 83.0 Å². The van der Waals surface area contributed by atoms with Gasteiger partial charge in [-0.15, -0.1) is 0 Å². The number of pyridine rings is 1. The SMILES string of the molecule is O=C(O)CN1C[C@@H]2COC[C@H](C1)N(C(=O)c1nccc3ccccc13)C2. The molecule has 2 aliphatic rings. The Morgan fingerprint density at radius 2 is 2.00 bits per heavy atom. The van der Waals surface area contributed by atoms with E-state index in [0.29, 0.717) is 38.5 Å². The van der Waals surface area contributed by atoms with Crippen molar-refractivity contribution < 1.29 is 19.4 Å². The fourth-order valence-corrected chi connectivity index (χ4v) is 3.94. The number of ether oxygens (including phenoxy) is 1. The fourth-order valence-electron chi connectivity index (χ4n) is 3.94. The van der Waals surface area contributed by atoms with E-state index in [9.17, 15) is 9.59 Å². The van der Waals surface area contributed by atoms with E-state index in [0.717, 1.165) is 10.8 Å². The molecule has 2 aromatic rings. The summed E-state index contributed by atoms with van der Waals surface area (Å²) in [5.74, 6) is -0.861. The number of carboxylic acids is 1. The minimum atomic E-state index is -0.848. The van der Waals surface area contributed by atoms with Gasteiger partial charge in [0, 0.05) is 37.1 Å². The van der Waals surface area contributed by atoms with E-state index >= 15 is 0 Å². The fraction of sp³-hybridized carbons (Fsp3) is 0.421. The molecule has 2 aliphatic heterocycles. The van der Waals surface area contributed by atoms with E-state index in [-0.39, 0.29) is 24.4 Å². The number of hydrogen-bond donors (Lipinski definition) is 1. The third-order valence-electron chi connectivity index (χ3n) is 5.04. The molecule has 2 fully saturated rings. The highest BCUT2D eigenvalue weighted by Crippen LogP contribution is 2.24. The average Bonchev–Trinajstić information content (AvgIpc) is 2.91. The molecule has 0 unspecified atom stereocenters. The normalized spacial score (nSPS) is 23.6. The zero-order chi connectivity index (χ0) is 18.1. The number of carbonyl (C=O) groups is 2. The molecule has 26 heavy (non-hydrogen) atoms. The van der Waals surface area contributed by atoms with Gasteiger partial charge in [0.1, 0.15) is 5.69 Å². The van der Waals surface area contributed by atoms with E-state index < -0.39 is 5.97 Å². The number of aromatic nitrogens is 1. The van der Waals surface area contributed by atoms with Crippen LogP contribution >= 0.6 is 0 Å². The molecule has 0 radical (unpaired) electrons. The number of fused-ring (bicyclic) bond motifs is 4. The van der Waals surface area contributed by atoms with Gasteiger partial charge in [0.15, 0.2) is 0 Å². The predicted molar refractivity (Wildman–Crippen MR) is 95.0 cm³/mol. The summed E-state index contributed by atoms with van der Waals surface area (Å²) >= 11 is 0. The maximum absolute atomic E-state index is 13.3. The minimum absolute atomic E-state index is 0.0124. The smallest absolute Gasteiger partial charge is 0.317 e. The Morgan fingerprint density at radius 3 is 2.85 bits per heavy atom. The summed E-state index contributed by atoms with van der Waals surface area (Å²) in [7, 11) is 0. The standard InChI is InChI=1S/C19H21N3O4/c23-17(24)10-21-7-13-8-22(15(9-21)12-26-11-13)19(25)18-16-4-2-1-3-14(16)5-6-20-18/h1-6,13,15H,7-12H2,(H,23,24)/t13-,15-/m0/s1. The molecule has 7 heteroatoms. The van der Waals surface area contributed by atoms with Crippen LogP contribution in [0.1, 0.15) is 10.5 Å². The number of rotatable bonds is 3. The highest BCUT2D eigenvalue weighted by Gasteiger charge is 2.37. The van der Waals surface area contributed by atoms with Crippen molar-refractivity contribution in [2.45, 2.75) is 6.04 Å². The van der Waals surface area contributed by atoms with E-state index in [1.165, 1.54) is 0 Å². The van der Waals surface area contributed by atoms with Gasteiger partial charge in [0.05, 0.1) is 25.8 Å². The molecule has 3 heterocycles. The summed E-state index contributed by atoms with van der Waals surface area (Å²) in [6.45, 7) is 2.63. The first kappa shape index (κ1) is 16.9. The Morgan fingerprint density at radius 1 is 1.15 bits per heavy atom. The number of hydrogen-bond acceptors (Lipinski definition) is 5. The maximum atomic E-state index is 13.3. The van der Waals surface area contributed by atoms with Crippen molar-refractivity contribution in [2.24, 2.45) is 5.92 Å². The second-order valence-corrected chi connectivity index (χ2v) is 6.98. The summed E-state index contributed by atoms with van der Waals surface area (Å²) in [6.07, 6.45) is 1.66. The van der Waals surface area contributed by atoms with Crippen molar-refractivity contribution in [2.75, 3.05) is 39.4 Å².